The summed E-state index contributed by atoms with van der Waals surface area (Å²) in [6, 6.07) is 18.4. The molecule has 0 saturated carbocycles. The van der Waals surface area contributed by atoms with Gasteiger partial charge in [-0.25, -0.2) is 9.97 Å². The van der Waals surface area contributed by atoms with Crippen molar-refractivity contribution in [2.45, 2.75) is 98.5 Å². The van der Waals surface area contributed by atoms with Crippen molar-refractivity contribution in [2.24, 2.45) is 10.4 Å². The molecule has 0 spiro atoms. The second kappa shape index (κ2) is 19.8. The Labute approximate surface area is 420 Å². The van der Waals surface area contributed by atoms with Crippen LogP contribution >= 0.6 is 22.7 Å². The smallest absolute Gasteiger partial charge is 0.306 e. The summed E-state index contributed by atoms with van der Waals surface area (Å²) in [6.07, 6.45) is -1.04. The van der Waals surface area contributed by atoms with E-state index in [1.165, 1.54) is 4.90 Å². The number of thiazole rings is 1. The number of carboxylic acid groups (broad SMARTS) is 1. The second-order valence-corrected chi connectivity index (χ2v) is 21.7. The van der Waals surface area contributed by atoms with Crippen LogP contribution in [0.4, 0.5) is 11.5 Å². The van der Waals surface area contributed by atoms with Crippen molar-refractivity contribution in [3.8, 4) is 15.4 Å². The molecule has 9 rings (SSSR count). The molecule has 7 heterocycles. The lowest BCUT2D eigenvalue weighted by Crippen LogP contribution is -2.58. The number of amides is 3. The van der Waals surface area contributed by atoms with Crippen LogP contribution in [0.5, 0.6) is 0 Å². The highest BCUT2D eigenvalue weighted by Gasteiger charge is 2.45. The SMILES string of the molecule is Cc1ncsc1-c1ccc(C(C)NC(=O)[C@@H]2C[C@@H](O)CN2C(=O)C(NC(=O)c2cccc(N3CCN(c4ccc(C5=N[C@@H](CC(=O)O)c6nnc(C)n6-c6sc(C)c(C)c65)cc4)CC3)n2)C(C)(C)C)cc1. The van der Waals surface area contributed by atoms with Gasteiger partial charge in [0.25, 0.3) is 5.91 Å². The maximum atomic E-state index is 14.4. The summed E-state index contributed by atoms with van der Waals surface area (Å²) in [6.45, 7) is 18.1. The maximum Gasteiger partial charge on any atom is 0.306 e. The zero-order chi connectivity index (χ0) is 50.5. The van der Waals surface area contributed by atoms with Crippen LogP contribution in [0.15, 0.2) is 77.2 Å². The van der Waals surface area contributed by atoms with Crippen molar-refractivity contribution in [1.29, 1.82) is 0 Å². The number of aliphatic imine (C=N–C) groups is 1. The van der Waals surface area contributed by atoms with Crippen molar-refractivity contribution in [3.05, 3.63) is 122 Å². The molecule has 19 heteroatoms. The summed E-state index contributed by atoms with van der Waals surface area (Å²) < 4.78 is 1.95. The van der Waals surface area contributed by atoms with Gasteiger partial charge in [0.05, 0.1) is 40.4 Å². The molecular weight excluding hydrogens is 939 g/mol. The van der Waals surface area contributed by atoms with Gasteiger partial charge in [0.2, 0.25) is 11.8 Å². The molecule has 4 N–H and O–H groups in total. The fourth-order valence-corrected chi connectivity index (χ4v) is 11.7. The van der Waals surface area contributed by atoms with Crippen LogP contribution in [-0.4, -0.2) is 120 Å². The van der Waals surface area contributed by atoms with Crippen LogP contribution in [-0.2, 0) is 14.4 Å². The lowest BCUT2D eigenvalue weighted by Gasteiger charge is -2.37. The zero-order valence-corrected chi connectivity index (χ0v) is 42.8. The number of benzene rings is 2. The number of β-amino-alcohol motifs (C(OH)–C–C–N with tert-alkyl or cyclic N) is 1. The van der Waals surface area contributed by atoms with Crippen LogP contribution in [0.2, 0.25) is 0 Å². The molecule has 5 atom stereocenters. The molecule has 0 radical (unpaired) electrons. The van der Waals surface area contributed by atoms with E-state index in [2.05, 4.69) is 61.6 Å². The van der Waals surface area contributed by atoms with Crippen molar-refractivity contribution in [2.75, 3.05) is 42.5 Å². The molecule has 2 unspecified atom stereocenters. The fourth-order valence-electron chi connectivity index (χ4n) is 9.66. The van der Waals surface area contributed by atoms with Crippen molar-refractivity contribution >= 4 is 63.6 Å². The number of pyridine rings is 1. The number of aryl methyl sites for hydroxylation is 3. The van der Waals surface area contributed by atoms with Gasteiger partial charge in [0, 0.05) is 60.8 Å². The van der Waals surface area contributed by atoms with E-state index >= 15 is 0 Å². The lowest BCUT2D eigenvalue weighted by molar-refractivity contribution is -0.142. The van der Waals surface area contributed by atoms with E-state index in [0.717, 1.165) is 59.7 Å². The van der Waals surface area contributed by atoms with Gasteiger partial charge >= 0.3 is 5.97 Å². The number of nitrogens with zero attached hydrogens (tertiary/aromatic N) is 9. The fraction of sp³-hybridized carbons (Fsp3) is 0.404. The topological polar surface area (TPSA) is 211 Å². The van der Waals surface area contributed by atoms with Crippen molar-refractivity contribution in [1.82, 2.24) is 40.3 Å². The van der Waals surface area contributed by atoms with Crippen LogP contribution in [0, 0.1) is 33.1 Å². The van der Waals surface area contributed by atoms with E-state index in [4.69, 9.17) is 9.98 Å². The summed E-state index contributed by atoms with van der Waals surface area (Å²) in [5, 5.41) is 36.3. The third-order valence-electron chi connectivity index (χ3n) is 13.7. The average molecular weight is 998 g/mol. The summed E-state index contributed by atoms with van der Waals surface area (Å²) in [5.74, 6) is -0.478. The molecule has 2 aromatic carbocycles. The number of carboxylic acids is 1. The molecule has 0 bridgehead atoms. The Bertz CT molecular complexity index is 3020. The van der Waals surface area contributed by atoms with Gasteiger partial charge in [-0.3, -0.25) is 28.7 Å². The molecule has 3 aliphatic heterocycles. The number of carbonyl (C=O) groups excluding carboxylic acids is 3. The van der Waals surface area contributed by atoms with E-state index in [0.29, 0.717) is 43.6 Å². The largest absolute Gasteiger partial charge is 0.481 e. The normalized spacial score (nSPS) is 18.8. The predicted octanol–water partition coefficient (Wildman–Crippen LogP) is 6.76. The van der Waals surface area contributed by atoms with E-state index in [1.807, 2.05) is 94.1 Å². The number of hydrogen-bond donors (Lipinski definition) is 4. The number of aliphatic hydroxyl groups is 1. The van der Waals surface area contributed by atoms with Crippen LogP contribution in [0.1, 0.15) is 108 Å². The summed E-state index contributed by atoms with van der Waals surface area (Å²) >= 11 is 3.20. The molecule has 2 fully saturated rings. The van der Waals surface area contributed by atoms with Gasteiger partial charge in [-0.15, -0.1) is 32.9 Å². The highest BCUT2D eigenvalue weighted by molar-refractivity contribution is 7.15. The van der Waals surface area contributed by atoms with E-state index < -0.39 is 47.4 Å². The number of piperazine rings is 1. The van der Waals surface area contributed by atoms with E-state index in [1.54, 1.807) is 34.8 Å². The molecule has 71 heavy (non-hydrogen) atoms. The number of hydrogen-bond acceptors (Lipinski definition) is 14. The van der Waals surface area contributed by atoms with Gasteiger partial charge in [0.15, 0.2) is 5.82 Å². The number of fused-ring (bicyclic) bond motifs is 3. The van der Waals surface area contributed by atoms with E-state index in [9.17, 15) is 29.4 Å². The molecule has 0 aliphatic carbocycles. The number of thiophene rings is 1. The van der Waals surface area contributed by atoms with Gasteiger partial charge < -0.3 is 35.5 Å². The minimum absolute atomic E-state index is 0.0363. The Morgan fingerprint density at radius 2 is 1.56 bits per heavy atom. The van der Waals surface area contributed by atoms with Crippen molar-refractivity contribution < 1.29 is 29.4 Å². The number of aliphatic carboxylic acids is 1. The number of rotatable bonds is 12. The number of anilines is 2. The molecule has 17 nitrogen and oxygen atoms in total. The summed E-state index contributed by atoms with van der Waals surface area (Å²) in [4.78, 5) is 76.6. The summed E-state index contributed by atoms with van der Waals surface area (Å²) in [5.41, 5.74) is 8.81. The molecule has 6 aromatic rings. The third kappa shape index (κ3) is 9.94. The number of likely N-dealkylation sites (tertiary alicyclic amines) is 1. The monoisotopic (exact) mass is 997 g/mol. The Morgan fingerprint density at radius 3 is 2.23 bits per heavy atom. The minimum Gasteiger partial charge on any atom is -0.481 e. The third-order valence-corrected chi connectivity index (χ3v) is 15.9. The Balaban J connectivity index is 0.843. The van der Waals surface area contributed by atoms with Crippen LogP contribution in [0.25, 0.3) is 15.4 Å². The van der Waals surface area contributed by atoms with Crippen LogP contribution in [0.3, 0.4) is 0 Å². The standard InChI is InChI=1S/C52H59N11O6S2/c1-28-31(4)71-51-43(28)44(56-39(25-42(65)66)47-59-58-32(5)63(47)51)34-16-18-36(19-17-34)60-20-22-61(23-21-60)41-11-9-10-38(55-41)48(67)57-46(52(6,7)8)50(69)62-26-37(64)24-40(62)49(68)54-29(2)33-12-14-35(15-13-33)45-30(3)53-27-70-45/h9-19,27,29,37,39-40,46,64H,20-26H2,1-8H3,(H,54,68)(H,57,67)(H,65,66)/t29?,37-,39+,40+,46?/m1/s1. The quantitative estimate of drug-likeness (QED) is 0.100. The maximum absolute atomic E-state index is 14.4. The minimum atomic E-state index is -1.03. The number of nitrogens with one attached hydrogen (secondary N) is 2. The van der Waals surface area contributed by atoms with E-state index in [-0.39, 0.29) is 37.0 Å². The molecule has 3 aliphatic rings. The Kier molecular flexibility index (Phi) is 13.7. The highest BCUT2D eigenvalue weighted by atomic mass is 32.1. The van der Waals surface area contributed by atoms with Gasteiger partial charge in [0.1, 0.15) is 40.5 Å². The Morgan fingerprint density at radius 1 is 0.873 bits per heavy atom. The zero-order valence-electron chi connectivity index (χ0n) is 41.1. The number of carbonyl (C=O) groups is 4. The first kappa shape index (κ1) is 49.2. The first-order valence-corrected chi connectivity index (χ1v) is 25.6. The van der Waals surface area contributed by atoms with Crippen LogP contribution < -0.4 is 20.4 Å². The molecule has 370 valence electrons. The Hall–Kier alpha value is -6.83. The second-order valence-electron chi connectivity index (χ2n) is 19.7. The molecule has 4 aromatic heterocycles. The van der Waals surface area contributed by atoms with Crippen molar-refractivity contribution in [3.63, 3.8) is 0 Å². The highest BCUT2D eigenvalue weighted by Crippen LogP contribution is 2.40. The first-order chi connectivity index (χ1) is 33.9. The predicted molar refractivity (Wildman–Crippen MR) is 275 cm³/mol. The molecule has 2 saturated heterocycles. The van der Waals surface area contributed by atoms with Gasteiger partial charge in [-0.05, 0) is 81.0 Å². The van der Waals surface area contributed by atoms with Gasteiger partial charge in [-0.2, -0.15) is 0 Å². The molecular formula is C52H59N11O6S2. The van der Waals surface area contributed by atoms with Gasteiger partial charge in [-0.1, -0.05) is 63.2 Å². The number of aromatic nitrogens is 5. The lowest BCUT2D eigenvalue weighted by atomic mass is 9.85. The summed E-state index contributed by atoms with van der Waals surface area (Å²) in [7, 11) is 0. The molecule has 3 amide bonds. The average Bonchev–Trinajstić information content (AvgIpc) is 4.12. The number of aliphatic hydroxyl groups excluding tert-OH is 1. The first-order valence-electron chi connectivity index (χ1n) is 23.9.